The predicted molar refractivity (Wildman–Crippen MR) is 232 cm³/mol. The Kier molecular flexibility index (Phi) is 11.5. The Balaban J connectivity index is 1.33. The number of likely N-dealkylation sites (tertiary alicyclic amines) is 1. The van der Waals surface area contributed by atoms with E-state index in [-0.39, 0.29) is 18.2 Å². The van der Waals surface area contributed by atoms with Crippen molar-refractivity contribution in [1.29, 1.82) is 0 Å². The molecule has 4 heterocycles. The van der Waals surface area contributed by atoms with E-state index in [0.29, 0.717) is 35.6 Å². The number of nitrogens with zero attached hydrogens (tertiary/aromatic N) is 5. The Morgan fingerprint density at radius 1 is 0.875 bits per heavy atom. The summed E-state index contributed by atoms with van der Waals surface area (Å²) in [7, 11) is 1.90. The average Bonchev–Trinajstić information content (AvgIpc) is 3.60. The van der Waals surface area contributed by atoms with Crippen LogP contribution in [0.1, 0.15) is 125 Å². The van der Waals surface area contributed by atoms with Gasteiger partial charge in [0.05, 0.1) is 0 Å². The number of fused-ring (bicyclic) bond motifs is 4. The Labute approximate surface area is 336 Å². The number of carbonyl (C=O) groups is 2. The second-order valence-corrected chi connectivity index (χ2v) is 25.2. The number of hydrogen-bond donors (Lipinski definition) is 1. The molecule has 1 saturated heterocycles. The number of anilines is 2. The highest BCUT2D eigenvalue weighted by atomic mass is 28.3. The van der Waals surface area contributed by atoms with Gasteiger partial charge in [-0.1, -0.05) is 41.5 Å². The number of hydrogen-bond acceptors (Lipinski definition) is 6. The molecule has 0 saturated carbocycles. The fourth-order valence-corrected chi connectivity index (χ4v) is 16.8. The molecule has 11 heteroatoms. The topological polar surface area (TPSA) is 93.9 Å². The lowest BCUT2D eigenvalue weighted by atomic mass is 9.89. The maximum absolute atomic E-state index is 13.0. The van der Waals surface area contributed by atoms with Gasteiger partial charge in [0, 0.05) is 60.9 Å². The van der Waals surface area contributed by atoms with Crippen LogP contribution in [0, 0.1) is 0 Å². The zero-order valence-corrected chi connectivity index (χ0v) is 37.7. The number of aryl methyl sites for hydroxylation is 1. The molecule has 306 valence electrons. The predicted octanol–water partition coefficient (Wildman–Crippen LogP) is 11.1. The SMILES string of the molecule is CC(C)[Si](C(C)C)(C(C)C)n1cc(C2CCN(C(=O)OC(C)(C)C)CC2)c2cc(Nc3ccc4c5c(n(C)c4n3)CCC(N(C)C(=O)OC(C)(C)C)C5)ccc21. The van der Waals surface area contributed by atoms with Crippen molar-refractivity contribution in [1.82, 2.24) is 23.6 Å². The van der Waals surface area contributed by atoms with Gasteiger partial charge in [-0.05, 0) is 144 Å². The molecule has 0 radical (unpaired) electrons. The number of likely N-dealkylation sites (N-methyl/N-ethyl adjacent to an activating group) is 1. The summed E-state index contributed by atoms with van der Waals surface area (Å²) in [5.74, 6) is 1.15. The number of pyridine rings is 1. The number of benzene rings is 1. The number of nitrogens with one attached hydrogen (secondary N) is 1. The van der Waals surface area contributed by atoms with Gasteiger partial charge < -0.3 is 33.4 Å². The number of aromatic nitrogens is 3. The van der Waals surface area contributed by atoms with Gasteiger partial charge in [0.25, 0.3) is 0 Å². The standard InChI is InChI=1S/C45H68N6O4Si/c1-28(2)56(29(3)4,30(5)6)51-27-37(31-21-23-50(24-22-31)43(53)55-45(10,11)12)35-25-32(15-18-39(35)51)46-40-20-17-34-36-26-33(48(13)42(52)54-44(7,8)9)16-19-38(36)49(14)41(34)47-40/h15,17-18,20,25,27-31,33H,16,19,21-24,26H2,1-14H3,(H,46,47). The average molecular weight is 785 g/mol. The summed E-state index contributed by atoms with van der Waals surface area (Å²) >= 11 is 0. The van der Waals surface area contributed by atoms with Crippen LogP contribution in [-0.2, 0) is 29.4 Å². The summed E-state index contributed by atoms with van der Waals surface area (Å²) in [6.07, 6.45) is 6.37. The molecule has 0 bridgehead atoms. The lowest BCUT2D eigenvalue weighted by Crippen LogP contribution is -2.51. The first kappa shape index (κ1) is 41.6. The minimum absolute atomic E-state index is 0.0717. The van der Waals surface area contributed by atoms with E-state index in [1.54, 1.807) is 4.90 Å². The molecule has 4 aromatic rings. The van der Waals surface area contributed by atoms with E-state index < -0.39 is 19.4 Å². The van der Waals surface area contributed by atoms with Crippen LogP contribution < -0.4 is 5.32 Å². The third-order valence-electron chi connectivity index (χ3n) is 12.5. The number of carbonyl (C=O) groups excluding carboxylic acids is 2. The van der Waals surface area contributed by atoms with E-state index in [2.05, 4.69) is 99.2 Å². The molecule has 1 aromatic carbocycles. The van der Waals surface area contributed by atoms with Crippen molar-refractivity contribution < 1.29 is 19.1 Å². The van der Waals surface area contributed by atoms with E-state index in [1.807, 2.05) is 53.5 Å². The molecular formula is C45H68N6O4Si. The first-order chi connectivity index (χ1) is 26.1. The van der Waals surface area contributed by atoms with Crippen LogP contribution in [-0.4, -0.2) is 81.4 Å². The van der Waals surface area contributed by atoms with Crippen LogP contribution in [0.25, 0.3) is 21.9 Å². The molecule has 2 aliphatic rings. The smallest absolute Gasteiger partial charge is 0.410 e. The normalized spacial score (nSPS) is 17.3. The summed E-state index contributed by atoms with van der Waals surface area (Å²) < 4.78 is 16.4. The molecule has 1 aliphatic heterocycles. The fourth-order valence-electron chi connectivity index (χ4n) is 10.2. The molecule has 10 nitrogen and oxygen atoms in total. The van der Waals surface area contributed by atoms with Gasteiger partial charge in [-0.2, -0.15) is 0 Å². The zero-order valence-electron chi connectivity index (χ0n) is 36.7. The number of ether oxygens (including phenoxy) is 2. The van der Waals surface area contributed by atoms with Crippen molar-refractivity contribution in [2.75, 3.05) is 25.5 Å². The van der Waals surface area contributed by atoms with Crippen molar-refractivity contribution >= 4 is 53.9 Å². The maximum Gasteiger partial charge on any atom is 0.410 e. The molecule has 1 atom stereocenters. The van der Waals surface area contributed by atoms with Crippen molar-refractivity contribution in [2.24, 2.45) is 7.05 Å². The minimum atomic E-state index is -2.06. The van der Waals surface area contributed by atoms with E-state index in [1.165, 1.54) is 27.7 Å². The quantitative estimate of drug-likeness (QED) is 0.179. The van der Waals surface area contributed by atoms with Gasteiger partial charge in [0.2, 0.25) is 0 Å². The highest BCUT2D eigenvalue weighted by molar-refractivity contribution is 6.82. The highest BCUT2D eigenvalue weighted by Gasteiger charge is 2.46. The summed E-state index contributed by atoms with van der Waals surface area (Å²) in [6, 6.07) is 11.2. The zero-order chi connectivity index (χ0) is 41.1. The molecule has 3 aromatic heterocycles. The van der Waals surface area contributed by atoms with E-state index in [9.17, 15) is 9.59 Å². The Hall–Kier alpha value is -3.99. The summed E-state index contributed by atoms with van der Waals surface area (Å²) in [5, 5.41) is 6.12. The lowest BCUT2D eigenvalue weighted by molar-refractivity contribution is 0.0196. The van der Waals surface area contributed by atoms with Gasteiger partial charge in [0.15, 0.2) is 8.24 Å². The Morgan fingerprint density at radius 3 is 2.09 bits per heavy atom. The van der Waals surface area contributed by atoms with Crippen LogP contribution in [0.15, 0.2) is 36.5 Å². The van der Waals surface area contributed by atoms with Crippen LogP contribution in [0.4, 0.5) is 21.1 Å². The molecule has 0 spiro atoms. The number of amides is 2. The summed E-state index contributed by atoms with van der Waals surface area (Å²) in [6.45, 7) is 27.4. The van der Waals surface area contributed by atoms with Crippen molar-refractivity contribution in [3.8, 4) is 0 Å². The number of piperidine rings is 1. The molecule has 56 heavy (non-hydrogen) atoms. The van der Waals surface area contributed by atoms with Crippen molar-refractivity contribution in [3.63, 3.8) is 0 Å². The van der Waals surface area contributed by atoms with Crippen LogP contribution >= 0.6 is 0 Å². The number of rotatable bonds is 8. The molecule has 1 fully saturated rings. The van der Waals surface area contributed by atoms with Gasteiger partial charge >= 0.3 is 12.2 Å². The van der Waals surface area contributed by atoms with Crippen LogP contribution in [0.2, 0.25) is 16.6 Å². The third-order valence-corrected chi connectivity index (χ3v) is 19.3. The molecule has 1 aliphatic carbocycles. The van der Waals surface area contributed by atoms with Gasteiger partial charge in [0.1, 0.15) is 22.7 Å². The minimum Gasteiger partial charge on any atom is -0.444 e. The van der Waals surface area contributed by atoms with Crippen LogP contribution in [0.3, 0.4) is 0 Å². The largest absolute Gasteiger partial charge is 0.444 e. The molecular weight excluding hydrogens is 717 g/mol. The first-order valence-corrected chi connectivity index (χ1v) is 23.1. The lowest BCUT2D eigenvalue weighted by Gasteiger charge is -2.44. The molecule has 1 unspecified atom stereocenters. The second kappa shape index (κ2) is 15.4. The van der Waals surface area contributed by atoms with Crippen molar-refractivity contribution in [2.45, 2.75) is 155 Å². The summed E-state index contributed by atoms with van der Waals surface area (Å²) in [5.41, 5.74) is 7.84. The van der Waals surface area contributed by atoms with E-state index >= 15 is 0 Å². The highest BCUT2D eigenvalue weighted by Crippen LogP contribution is 2.47. The van der Waals surface area contributed by atoms with Crippen molar-refractivity contribution in [3.05, 3.63) is 53.3 Å². The van der Waals surface area contributed by atoms with E-state index in [4.69, 9.17) is 14.5 Å². The molecule has 2 amide bonds. The van der Waals surface area contributed by atoms with Gasteiger partial charge in [-0.25, -0.2) is 14.6 Å². The Morgan fingerprint density at radius 2 is 1.50 bits per heavy atom. The summed E-state index contributed by atoms with van der Waals surface area (Å²) in [4.78, 5) is 34.8. The van der Waals surface area contributed by atoms with E-state index in [0.717, 1.165) is 54.6 Å². The van der Waals surface area contributed by atoms with Crippen LogP contribution in [0.5, 0.6) is 0 Å². The molecule has 6 rings (SSSR count). The van der Waals surface area contributed by atoms with Gasteiger partial charge in [-0.15, -0.1) is 0 Å². The molecule has 1 N–H and O–H groups in total. The van der Waals surface area contributed by atoms with Gasteiger partial charge in [-0.3, -0.25) is 0 Å². The Bertz CT molecular complexity index is 2050. The second-order valence-electron chi connectivity index (χ2n) is 19.4. The first-order valence-electron chi connectivity index (χ1n) is 21.0. The maximum atomic E-state index is 13.0. The monoisotopic (exact) mass is 785 g/mol. The fraction of sp³-hybridized carbons (Fsp3) is 0.622. The third kappa shape index (κ3) is 7.94.